The molecule has 0 spiro atoms. The second kappa shape index (κ2) is 8.31. The lowest BCUT2D eigenvalue weighted by Gasteiger charge is -2.26. The fraction of sp³-hybridized carbons (Fsp3) is 0.333. The second-order valence-electron chi connectivity index (χ2n) is 7.16. The van der Waals surface area contributed by atoms with Crippen molar-refractivity contribution in [3.05, 3.63) is 54.1 Å². The molecule has 4 rings (SSSR count). The summed E-state index contributed by atoms with van der Waals surface area (Å²) in [5.41, 5.74) is 1.55. The van der Waals surface area contributed by atoms with Gasteiger partial charge in [0.1, 0.15) is 11.5 Å². The molecule has 0 bridgehead atoms. The van der Waals surface area contributed by atoms with Gasteiger partial charge in [-0.1, -0.05) is 36.0 Å². The number of carbonyl (C=O) groups excluding carboxylic acids is 1. The van der Waals surface area contributed by atoms with Crippen LogP contribution in [-0.4, -0.2) is 56.5 Å². The summed E-state index contributed by atoms with van der Waals surface area (Å²) in [6.07, 6.45) is 0.154. The maximum Gasteiger partial charge on any atom is 0.252 e. The van der Waals surface area contributed by atoms with Crippen molar-refractivity contribution >= 4 is 38.4 Å². The molecule has 2 heterocycles. The Kier molecular flexibility index (Phi) is 5.75. The molecule has 2 aliphatic rings. The lowest BCUT2D eigenvalue weighted by molar-refractivity contribution is -0.117. The minimum atomic E-state index is -3.13. The Morgan fingerprint density at radius 3 is 2.53 bits per heavy atom. The van der Waals surface area contributed by atoms with Gasteiger partial charge in [0.2, 0.25) is 0 Å². The zero-order valence-corrected chi connectivity index (χ0v) is 18.3. The Hall–Kier alpha value is -2.52. The van der Waals surface area contributed by atoms with E-state index in [1.54, 1.807) is 26.4 Å². The summed E-state index contributed by atoms with van der Waals surface area (Å²) in [4.78, 5) is 18.9. The van der Waals surface area contributed by atoms with Crippen LogP contribution < -0.4 is 14.4 Å². The predicted molar refractivity (Wildman–Crippen MR) is 118 cm³/mol. The number of sulfone groups is 1. The van der Waals surface area contributed by atoms with E-state index < -0.39 is 9.84 Å². The number of amides is 1. The third kappa shape index (κ3) is 4.17. The van der Waals surface area contributed by atoms with Crippen LogP contribution in [0.25, 0.3) is 0 Å². The van der Waals surface area contributed by atoms with Crippen LogP contribution in [-0.2, 0) is 21.1 Å². The molecule has 1 amide bonds. The van der Waals surface area contributed by atoms with E-state index in [1.807, 2.05) is 41.3 Å². The van der Waals surface area contributed by atoms with Crippen molar-refractivity contribution < 1.29 is 22.7 Å². The molecule has 30 heavy (non-hydrogen) atoms. The van der Waals surface area contributed by atoms with Crippen molar-refractivity contribution in [2.45, 2.75) is 17.7 Å². The maximum atomic E-state index is 12.7. The van der Waals surface area contributed by atoms with Crippen LogP contribution in [0.5, 0.6) is 11.5 Å². The van der Waals surface area contributed by atoms with Gasteiger partial charge < -0.3 is 14.4 Å². The number of para-hydroxylation sites is 2. The molecule has 2 saturated heterocycles. The smallest absolute Gasteiger partial charge is 0.252 e. The summed E-state index contributed by atoms with van der Waals surface area (Å²) < 4.78 is 35.0. The van der Waals surface area contributed by atoms with Crippen molar-refractivity contribution in [2.75, 3.05) is 30.6 Å². The first-order valence-electron chi connectivity index (χ1n) is 9.44. The molecular weight excluding hydrogens is 424 g/mol. The number of methoxy groups -OCH3 is 2. The van der Waals surface area contributed by atoms with Crippen LogP contribution in [0.15, 0.2) is 53.5 Å². The maximum absolute atomic E-state index is 12.7. The SMILES string of the molecule is COc1ccc(CC(=O)N=C2SC3CS(=O)(=O)CC3N2c2ccccc2OC)cc1. The van der Waals surface area contributed by atoms with Gasteiger partial charge in [-0.15, -0.1) is 0 Å². The Balaban J connectivity index is 1.64. The summed E-state index contributed by atoms with van der Waals surface area (Å²) in [6.45, 7) is 0. The first-order valence-corrected chi connectivity index (χ1v) is 12.1. The molecule has 0 N–H and O–H groups in total. The van der Waals surface area contributed by atoms with Crippen LogP contribution in [0.2, 0.25) is 0 Å². The van der Waals surface area contributed by atoms with E-state index in [2.05, 4.69) is 4.99 Å². The third-order valence-electron chi connectivity index (χ3n) is 5.15. The largest absolute Gasteiger partial charge is 0.497 e. The van der Waals surface area contributed by atoms with Crippen molar-refractivity contribution in [3.63, 3.8) is 0 Å². The number of fused-ring (bicyclic) bond motifs is 1. The number of amidine groups is 1. The van der Waals surface area contributed by atoms with Crippen molar-refractivity contribution in [1.82, 2.24) is 0 Å². The molecular formula is C21H22N2O5S2. The number of hydrogen-bond donors (Lipinski definition) is 0. The zero-order valence-electron chi connectivity index (χ0n) is 16.6. The average molecular weight is 447 g/mol. The number of rotatable bonds is 5. The van der Waals surface area contributed by atoms with Gasteiger partial charge in [0, 0.05) is 5.25 Å². The fourth-order valence-corrected chi connectivity index (χ4v) is 7.66. The summed E-state index contributed by atoms with van der Waals surface area (Å²) >= 11 is 1.35. The van der Waals surface area contributed by atoms with Gasteiger partial charge >= 0.3 is 0 Å². The Morgan fingerprint density at radius 1 is 1.10 bits per heavy atom. The number of nitrogens with zero attached hydrogens (tertiary/aromatic N) is 2. The molecule has 2 aromatic carbocycles. The molecule has 2 aliphatic heterocycles. The highest BCUT2D eigenvalue weighted by Gasteiger charge is 2.50. The highest BCUT2D eigenvalue weighted by molar-refractivity contribution is 8.16. The van der Waals surface area contributed by atoms with E-state index in [0.29, 0.717) is 16.6 Å². The van der Waals surface area contributed by atoms with E-state index in [0.717, 1.165) is 11.3 Å². The van der Waals surface area contributed by atoms with Crippen LogP contribution in [0.4, 0.5) is 5.69 Å². The lowest BCUT2D eigenvalue weighted by Crippen LogP contribution is -2.38. The number of ether oxygens (including phenoxy) is 2. The molecule has 2 aromatic rings. The van der Waals surface area contributed by atoms with Gasteiger partial charge in [-0.3, -0.25) is 4.79 Å². The summed E-state index contributed by atoms with van der Waals surface area (Å²) in [5.74, 6) is 1.16. The quantitative estimate of drug-likeness (QED) is 0.698. The molecule has 2 atom stereocenters. The predicted octanol–water partition coefficient (Wildman–Crippen LogP) is 2.55. The Bertz CT molecular complexity index is 1080. The van der Waals surface area contributed by atoms with Gasteiger partial charge in [-0.25, -0.2) is 8.42 Å². The van der Waals surface area contributed by atoms with Gasteiger partial charge in [-0.05, 0) is 29.8 Å². The summed E-state index contributed by atoms with van der Waals surface area (Å²) in [7, 11) is 0.0281. The number of aliphatic imine (C=N–C) groups is 1. The van der Waals surface area contributed by atoms with E-state index in [-0.39, 0.29) is 35.1 Å². The van der Waals surface area contributed by atoms with Crippen LogP contribution >= 0.6 is 11.8 Å². The highest BCUT2D eigenvalue weighted by atomic mass is 32.2. The van der Waals surface area contributed by atoms with E-state index >= 15 is 0 Å². The number of benzene rings is 2. The molecule has 2 unspecified atom stereocenters. The number of carbonyl (C=O) groups is 1. The third-order valence-corrected chi connectivity index (χ3v) is 8.36. The number of thioether (sulfide) groups is 1. The first-order chi connectivity index (χ1) is 14.4. The van der Waals surface area contributed by atoms with Crippen LogP contribution in [0, 0.1) is 0 Å². The molecule has 0 aromatic heterocycles. The normalized spacial score (nSPS) is 23.4. The lowest BCUT2D eigenvalue weighted by atomic mass is 10.1. The van der Waals surface area contributed by atoms with Crippen molar-refractivity contribution in [3.8, 4) is 11.5 Å². The van der Waals surface area contributed by atoms with E-state index in [1.165, 1.54) is 11.8 Å². The molecule has 9 heteroatoms. The van der Waals surface area contributed by atoms with Crippen LogP contribution in [0.3, 0.4) is 0 Å². The van der Waals surface area contributed by atoms with E-state index in [9.17, 15) is 13.2 Å². The first kappa shape index (κ1) is 20.7. The zero-order chi connectivity index (χ0) is 21.3. The van der Waals surface area contributed by atoms with Gasteiger partial charge in [-0.2, -0.15) is 4.99 Å². The van der Waals surface area contributed by atoms with E-state index in [4.69, 9.17) is 9.47 Å². The van der Waals surface area contributed by atoms with Gasteiger partial charge in [0.25, 0.3) is 5.91 Å². The molecule has 0 aliphatic carbocycles. The molecule has 7 nitrogen and oxygen atoms in total. The van der Waals surface area contributed by atoms with Crippen molar-refractivity contribution in [2.24, 2.45) is 4.99 Å². The summed E-state index contributed by atoms with van der Waals surface area (Å²) in [5, 5.41) is 0.357. The topological polar surface area (TPSA) is 85.3 Å². The van der Waals surface area contributed by atoms with Crippen LogP contribution in [0.1, 0.15) is 5.56 Å². The average Bonchev–Trinajstić information content (AvgIpc) is 3.19. The molecule has 2 fully saturated rings. The Morgan fingerprint density at radius 2 is 1.83 bits per heavy atom. The molecule has 0 saturated carbocycles. The number of hydrogen-bond acceptors (Lipinski definition) is 6. The number of anilines is 1. The minimum Gasteiger partial charge on any atom is -0.497 e. The van der Waals surface area contributed by atoms with Crippen molar-refractivity contribution in [1.29, 1.82) is 0 Å². The summed E-state index contributed by atoms with van der Waals surface area (Å²) in [6, 6.07) is 14.4. The van der Waals surface area contributed by atoms with Gasteiger partial charge in [0.05, 0.1) is 43.9 Å². The highest BCUT2D eigenvalue weighted by Crippen LogP contribution is 2.43. The minimum absolute atomic E-state index is 0.0361. The Labute approximate surface area is 180 Å². The van der Waals surface area contributed by atoms with Gasteiger partial charge in [0.15, 0.2) is 15.0 Å². The standard InChI is InChI=1S/C21H22N2O5S2/c1-27-15-9-7-14(8-10-15)11-20(24)22-21-23(16-5-3-4-6-18(16)28-2)17-12-30(25,26)13-19(17)29-21/h3-10,17,19H,11-13H2,1-2H3. The monoisotopic (exact) mass is 446 g/mol. The second-order valence-corrected chi connectivity index (χ2v) is 10.5. The molecule has 0 radical (unpaired) electrons. The fourth-order valence-electron chi connectivity index (χ4n) is 3.74. The molecule has 158 valence electrons.